The predicted octanol–water partition coefficient (Wildman–Crippen LogP) is 2.47. The molecule has 1 saturated heterocycles. The van der Waals surface area contributed by atoms with Crippen LogP contribution in [0.5, 0.6) is 0 Å². The van der Waals surface area contributed by atoms with E-state index in [9.17, 15) is 9.59 Å². The first-order valence-corrected chi connectivity index (χ1v) is 7.75. The first kappa shape index (κ1) is 15.4. The molecule has 20 heavy (non-hydrogen) atoms. The molecular weight excluding hydrogens is 321 g/mol. The Morgan fingerprint density at radius 1 is 1.55 bits per heavy atom. The van der Waals surface area contributed by atoms with E-state index < -0.39 is 0 Å². The van der Waals surface area contributed by atoms with Gasteiger partial charge >= 0.3 is 6.03 Å². The lowest BCUT2D eigenvalue weighted by atomic mass is 10.1. The van der Waals surface area contributed by atoms with Gasteiger partial charge in [-0.3, -0.25) is 4.79 Å². The second-order valence-corrected chi connectivity index (χ2v) is 6.97. The molecule has 0 aliphatic carbocycles. The van der Waals surface area contributed by atoms with Crippen molar-refractivity contribution in [3.63, 3.8) is 0 Å². The number of carbonyl (C=O) groups excluding carboxylic acids is 2. The maximum absolute atomic E-state index is 11.8. The van der Waals surface area contributed by atoms with E-state index in [1.165, 1.54) is 11.3 Å². The zero-order valence-electron chi connectivity index (χ0n) is 10.9. The quantitative estimate of drug-likeness (QED) is 0.891. The van der Waals surface area contributed by atoms with Gasteiger partial charge in [0, 0.05) is 38.2 Å². The van der Waals surface area contributed by atoms with E-state index >= 15 is 0 Å². The summed E-state index contributed by atoms with van der Waals surface area (Å²) in [4.78, 5) is 24.8. The van der Waals surface area contributed by atoms with Crippen LogP contribution in [0.1, 0.15) is 18.4 Å². The van der Waals surface area contributed by atoms with E-state index in [1.54, 1.807) is 18.0 Å². The lowest BCUT2D eigenvalue weighted by Gasteiger charge is -2.30. The molecule has 8 heteroatoms. The molecule has 1 fully saturated rings. The number of likely N-dealkylation sites (tertiary alicyclic amines) is 1. The van der Waals surface area contributed by atoms with E-state index in [2.05, 4.69) is 10.6 Å². The summed E-state index contributed by atoms with van der Waals surface area (Å²) in [6, 6.07) is 1.46. The summed E-state index contributed by atoms with van der Waals surface area (Å²) in [5.41, 5.74) is 0.799. The molecular formula is C12H15Cl2N3O2S. The number of hydrogen-bond donors (Lipinski definition) is 2. The molecule has 0 bridgehead atoms. The highest BCUT2D eigenvalue weighted by Gasteiger charge is 2.23. The SMILES string of the molecule is CN1CC(NC(=O)NCc2cc(Cl)sc2Cl)CCC1=O. The van der Waals surface area contributed by atoms with Gasteiger partial charge in [0.1, 0.15) is 0 Å². The second kappa shape index (κ2) is 6.65. The van der Waals surface area contributed by atoms with Crippen LogP contribution in [-0.2, 0) is 11.3 Å². The van der Waals surface area contributed by atoms with Crippen LogP contribution >= 0.6 is 34.5 Å². The Labute approximate surface area is 131 Å². The number of nitrogens with zero attached hydrogens (tertiary/aromatic N) is 1. The molecule has 1 aliphatic rings. The number of hydrogen-bond acceptors (Lipinski definition) is 3. The van der Waals surface area contributed by atoms with Gasteiger partial charge in [-0.05, 0) is 12.5 Å². The number of halogens is 2. The Morgan fingerprint density at radius 2 is 2.30 bits per heavy atom. The Hall–Kier alpha value is -0.980. The molecule has 2 heterocycles. The minimum atomic E-state index is -0.267. The van der Waals surface area contributed by atoms with Crippen LogP contribution in [0.4, 0.5) is 4.79 Å². The van der Waals surface area contributed by atoms with Gasteiger partial charge in [-0.1, -0.05) is 23.2 Å². The smallest absolute Gasteiger partial charge is 0.315 e. The van der Waals surface area contributed by atoms with Gasteiger partial charge in [0.05, 0.1) is 8.67 Å². The number of piperidine rings is 1. The molecule has 0 radical (unpaired) electrons. The summed E-state index contributed by atoms with van der Waals surface area (Å²) in [5, 5.41) is 5.59. The van der Waals surface area contributed by atoms with Crippen LogP contribution in [0, 0.1) is 0 Å². The number of thiophene rings is 1. The van der Waals surface area contributed by atoms with Crippen molar-refractivity contribution in [1.82, 2.24) is 15.5 Å². The molecule has 0 aromatic carbocycles. The molecule has 1 unspecified atom stereocenters. The van der Waals surface area contributed by atoms with Crippen molar-refractivity contribution < 1.29 is 9.59 Å². The minimum absolute atomic E-state index is 0.0146. The average Bonchev–Trinajstić information content (AvgIpc) is 2.70. The maximum Gasteiger partial charge on any atom is 0.315 e. The van der Waals surface area contributed by atoms with Crippen LogP contribution in [0.25, 0.3) is 0 Å². The van der Waals surface area contributed by atoms with Gasteiger partial charge in [-0.2, -0.15) is 0 Å². The van der Waals surface area contributed by atoms with Crippen LogP contribution in [0.2, 0.25) is 8.67 Å². The van der Waals surface area contributed by atoms with Crippen LogP contribution in [0.3, 0.4) is 0 Å². The molecule has 0 saturated carbocycles. The largest absolute Gasteiger partial charge is 0.344 e. The fraction of sp³-hybridized carbons (Fsp3) is 0.500. The van der Waals surface area contributed by atoms with Gasteiger partial charge in [-0.15, -0.1) is 11.3 Å². The third-order valence-corrected chi connectivity index (χ3v) is 4.70. The van der Waals surface area contributed by atoms with E-state index in [4.69, 9.17) is 23.2 Å². The van der Waals surface area contributed by atoms with Crippen molar-refractivity contribution in [1.29, 1.82) is 0 Å². The number of nitrogens with one attached hydrogen (secondary N) is 2. The molecule has 110 valence electrons. The van der Waals surface area contributed by atoms with Crippen LogP contribution < -0.4 is 10.6 Å². The van der Waals surface area contributed by atoms with E-state index in [0.29, 0.717) is 34.6 Å². The number of amides is 3. The van der Waals surface area contributed by atoms with Gasteiger partial charge in [0.15, 0.2) is 0 Å². The maximum atomic E-state index is 11.8. The zero-order valence-corrected chi connectivity index (χ0v) is 13.2. The summed E-state index contributed by atoms with van der Waals surface area (Å²) >= 11 is 13.1. The predicted molar refractivity (Wildman–Crippen MR) is 80.4 cm³/mol. The molecule has 2 N–H and O–H groups in total. The fourth-order valence-electron chi connectivity index (χ4n) is 2.04. The lowest BCUT2D eigenvalue weighted by Crippen LogP contribution is -2.50. The molecule has 1 atom stereocenters. The highest BCUT2D eigenvalue weighted by atomic mass is 35.5. The van der Waals surface area contributed by atoms with E-state index in [1.807, 2.05) is 0 Å². The van der Waals surface area contributed by atoms with E-state index in [0.717, 1.165) is 5.56 Å². The van der Waals surface area contributed by atoms with Gasteiger partial charge in [-0.25, -0.2) is 4.79 Å². The highest BCUT2D eigenvalue weighted by Crippen LogP contribution is 2.30. The zero-order chi connectivity index (χ0) is 14.7. The standard InChI is InChI=1S/C12H15Cl2N3O2S/c1-17-6-8(2-3-10(17)18)16-12(19)15-5-7-4-9(13)20-11(7)14/h4,8H,2-3,5-6H2,1H3,(H2,15,16,19). The average molecular weight is 336 g/mol. The summed E-state index contributed by atoms with van der Waals surface area (Å²) in [6.07, 6.45) is 1.13. The van der Waals surface area contributed by atoms with E-state index in [-0.39, 0.29) is 18.0 Å². The van der Waals surface area contributed by atoms with Crippen molar-refractivity contribution in [3.8, 4) is 0 Å². The van der Waals surface area contributed by atoms with Gasteiger partial charge < -0.3 is 15.5 Å². The molecule has 1 aromatic rings. The second-order valence-electron chi connectivity index (χ2n) is 4.69. The van der Waals surface area contributed by atoms with Gasteiger partial charge in [0.2, 0.25) is 5.91 Å². The summed E-state index contributed by atoms with van der Waals surface area (Å²) in [5.74, 6) is 0.114. The molecule has 0 spiro atoms. The Morgan fingerprint density at radius 3 is 2.90 bits per heavy atom. The molecule has 2 rings (SSSR count). The van der Waals surface area contributed by atoms with Crippen molar-refractivity contribution >= 4 is 46.5 Å². The minimum Gasteiger partial charge on any atom is -0.344 e. The lowest BCUT2D eigenvalue weighted by molar-refractivity contribution is -0.132. The summed E-state index contributed by atoms with van der Waals surface area (Å²) < 4.78 is 1.18. The third-order valence-electron chi connectivity index (χ3n) is 3.13. The number of rotatable bonds is 3. The Bertz CT molecular complexity index is 521. The first-order chi connectivity index (χ1) is 9.45. The molecule has 1 aliphatic heterocycles. The number of carbonyl (C=O) groups is 2. The van der Waals surface area contributed by atoms with Crippen molar-refractivity contribution in [2.45, 2.75) is 25.4 Å². The number of likely N-dealkylation sites (N-methyl/N-ethyl adjacent to an activating group) is 1. The fourth-order valence-corrected chi connectivity index (χ4v) is 3.52. The topological polar surface area (TPSA) is 61.4 Å². The Kier molecular flexibility index (Phi) is 5.12. The highest BCUT2D eigenvalue weighted by molar-refractivity contribution is 7.20. The number of urea groups is 1. The first-order valence-electron chi connectivity index (χ1n) is 6.17. The van der Waals surface area contributed by atoms with Crippen molar-refractivity contribution in [3.05, 3.63) is 20.3 Å². The van der Waals surface area contributed by atoms with Gasteiger partial charge in [0.25, 0.3) is 0 Å². The summed E-state index contributed by atoms with van der Waals surface area (Å²) in [7, 11) is 1.74. The van der Waals surface area contributed by atoms with Crippen LogP contribution in [0.15, 0.2) is 6.07 Å². The van der Waals surface area contributed by atoms with Crippen molar-refractivity contribution in [2.75, 3.05) is 13.6 Å². The summed E-state index contributed by atoms with van der Waals surface area (Å²) in [6.45, 7) is 0.868. The van der Waals surface area contributed by atoms with Crippen molar-refractivity contribution in [2.24, 2.45) is 0 Å². The van der Waals surface area contributed by atoms with Crippen LogP contribution in [-0.4, -0.2) is 36.5 Å². The normalized spacial score (nSPS) is 19.1. The Balaban J connectivity index is 1.78. The molecule has 5 nitrogen and oxygen atoms in total. The monoisotopic (exact) mass is 335 g/mol. The third kappa shape index (κ3) is 4.01. The molecule has 3 amide bonds. The molecule has 1 aromatic heterocycles.